The van der Waals surface area contributed by atoms with Crippen LogP contribution in [0.15, 0.2) is 89.0 Å². The molecule has 1 heterocycles. The van der Waals surface area contributed by atoms with E-state index in [2.05, 4.69) is 10.1 Å². The monoisotopic (exact) mass is 397 g/mol. The summed E-state index contributed by atoms with van der Waals surface area (Å²) in [7, 11) is 0. The van der Waals surface area contributed by atoms with Gasteiger partial charge in [0.25, 0.3) is 5.91 Å². The van der Waals surface area contributed by atoms with Gasteiger partial charge in [0.1, 0.15) is 5.92 Å². The number of carbonyl (C=O) groups excluding carboxylic acids is 1. The molecule has 0 saturated heterocycles. The van der Waals surface area contributed by atoms with Crippen LogP contribution >= 0.6 is 0 Å². The number of aromatic carboxylic acids is 1. The SMILES string of the molecule is Cc1cccc(N=CC2C(=O)N(c3ccccc3)N=C2c2ccccc2)c1C(=O)O. The van der Waals surface area contributed by atoms with Gasteiger partial charge in [0.2, 0.25) is 0 Å². The lowest BCUT2D eigenvalue weighted by Gasteiger charge is -2.12. The van der Waals surface area contributed by atoms with Crippen LogP contribution in [0.25, 0.3) is 0 Å². The molecule has 0 fully saturated rings. The van der Waals surface area contributed by atoms with Crippen molar-refractivity contribution in [2.45, 2.75) is 6.92 Å². The van der Waals surface area contributed by atoms with Gasteiger partial charge in [-0.3, -0.25) is 9.79 Å². The number of carboxylic acid groups (broad SMARTS) is 1. The lowest BCUT2D eigenvalue weighted by atomic mass is 9.97. The molecule has 148 valence electrons. The molecule has 0 spiro atoms. The molecule has 1 aliphatic heterocycles. The van der Waals surface area contributed by atoms with E-state index < -0.39 is 11.9 Å². The Hall–Kier alpha value is -4.06. The quantitative estimate of drug-likeness (QED) is 0.645. The van der Waals surface area contributed by atoms with Crippen molar-refractivity contribution in [2.24, 2.45) is 16.0 Å². The van der Waals surface area contributed by atoms with Crippen LogP contribution in [-0.4, -0.2) is 28.9 Å². The van der Waals surface area contributed by atoms with Crippen molar-refractivity contribution in [3.8, 4) is 0 Å². The molecule has 3 aromatic carbocycles. The number of aliphatic imine (C=N–C) groups is 1. The molecule has 1 unspecified atom stereocenters. The van der Waals surface area contributed by atoms with Crippen molar-refractivity contribution in [3.63, 3.8) is 0 Å². The summed E-state index contributed by atoms with van der Waals surface area (Å²) in [6.45, 7) is 1.72. The predicted octanol–water partition coefficient (Wildman–Crippen LogP) is 4.46. The van der Waals surface area contributed by atoms with Gasteiger partial charge in [-0.05, 0) is 36.2 Å². The summed E-state index contributed by atoms with van der Waals surface area (Å²) in [5, 5.41) is 15.5. The highest BCUT2D eigenvalue weighted by Crippen LogP contribution is 2.28. The maximum absolute atomic E-state index is 13.2. The van der Waals surface area contributed by atoms with Gasteiger partial charge < -0.3 is 5.11 Å². The molecule has 3 aromatic rings. The molecule has 1 aliphatic rings. The van der Waals surface area contributed by atoms with Crippen molar-refractivity contribution >= 4 is 35.2 Å². The third-order valence-electron chi connectivity index (χ3n) is 4.87. The zero-order chi connectivity index (χ0) is 21.1. The van der Waals surface area contributed by atoms with E-state index in [1.165, 1.54) is 11.2 Å². The Morgan fingerprint density at radius 3 is 2.33 bits per heavy atom. The minimum Gasteiger partial charge on any atom is -0.478 e. The van der Waals surface area contributed by atoms with Gasteiger partial charge in [0, 0.05) is 6.21 Å². The number of rotatable bonds is 5. The highest BCUT2D eigenvalue weighted by Gasteiger charge is 2.36. The highest BCUT2D eigenvalue weighted by atomic mass is 16.4. The normalized spacial score (nSPS) is 16.2. The predicted molar refractivity (Wildman–Crippen MR) is 117 cm³/mol. The summed E-state index contributed by atoms with van der Waals surface area (Å²) in [5.74, 6) is -2.02. The van der Waals surface area contributed by atoms with E-state index in [9.17, 15) is 14.7 Å². The molecule has 30 heavy (non-hydrogen) atoms. The van der Waals surface area contributed by atoms with Crippen molar-refractivity contribution in [1.29, 1.82) is 0 Å². The first-order chi connectivity index (χ1) is 14.6. The number of hydrogen-bond donors (Lipinski definition) is 1. The largest absolute Gasteiger partial charge is 0.478 e. The number of hydrogen-bond acceptors (Lipinski definition) is 4. The molecule has 4 rings (SSSR count). The summed E-state index contributed by atoms with van der Waals surface area (Å²) >= 11 is 0. The summed E-state index contributed by atoms with van der Waals surface area (Å²) in [4.78, 5) is 29.2. The highest BCUT2D eigenvalue weighted by molar-refractivity contribution is 6.29. The third-order valence-corrected chi connectivity index (χ3v) is 4.87. The number of amides is 1. The lowest BCUT2D eigenvalue weighted by molar-refractivity contribution is -0.118. The van der Waals surface area contributed by atoms with E-state index in [4.69, 9.17) is 0 Å². The molecular formula is C24H19N3O3. The molecule has 1 N–H and O–H groups in total. The molecule has 1 amide bonds. The molecule has 6 nitrogen and oxygen atoms in total. The number of aryl methyl sites for hydroxylation is 1. The number of benzene rings is 3. The Kier molecular flexibility index (Phi) is 5.22. The van der Waals surface area contributed by atoms with E-state index in [0.29, 0.717) is 22.6 Å². The zero-order valence-corrected chi connectivity index (χ0v) is 16.3. The van der Waals surface area contributed by atoms with Crippen LogP contribution in [0.5, 0.6) is 0 Å². The summed E-state index contributed by atoms with van der Waals surface area (Å²) in [5.41, 5.74) is 3.07. The van der Waals surface area contributed by atoms with Crippen LogP contribution in [0.1, 0.15) is 21.5 Å². The maximum Gasteiger partial charge on any atom is 0.338 e. The molecule has 0 saturated carbocycles. The summed E-state index contributed by atoms with van der Waals surface area (Å²) in [6.07, 6.45) is 1.48. The molecular weight excluding hydrogens is 378 g/mol. The van der Waals surface area contributed by atoms with E-state index in [1.54, 1.807) is 25.1 Å². The maximum atomic E-state index is 13.2. The van der Waals surface area contributed by atoms with E-state index >= 15 is 0 Å². The Morgan fingerprint density at radius 2 is 1.67 bits per heavy atom. The number of carbonyl (C=O) groups is 2. The zero-order valence-electron chi connectivity index (χ0n) is 16.3. The van der Waals surface area contributed by atoms with Gasteiger partial charge in [0.05, 0.1) is 22.6 Å². The lowest BCUT2D eigenvalue weighted by Crippen LogP contribution is -2.28. The van der Waals surface area contributed by atoms with Crippen LogP contribution in [-0.2, 0) is 4.79 Å². The first-order valence-corrected chi connectivity index (χ1v) is 9.46. The van der Waals surface area contributed by atoms with Gasteiger partial charge in [-0.15, -0.1) is 0 Å². The van der Waals surface area contributed by atoms with Crippen LogP contribution in [0.3, 0.4) is 0 Å². The summed E-state index contributed by atoms with van der Waals surface area (Å²) < 4.78 is 0. The minimum absolute atomic E-state index is 0.123. The van der Waals surface area contributed by atoms with Gasteiger partial charge in [0.15, 0.2) is 0 Å². The Balaban J connectivity index is 1.76. The van der Waals surface area contributed by atoms with Crippen LogP contribution in [0, 0.1) is 12.8 Å². The minimum atomic E-state index is -1.05. The van der Waals surface area contributed by atoms with Crippen molar-refractivity contribution in [2.75, 3.05) is 5.01 Å². The van der Waals surface area contributed by atoms with Crippen LogP contribution in [0.4, 0.5) is 11.4 Å². The van der Waals surface area contributed by atoms with Crippen LogP contribution < -0.4 is 5.01 Å². The smallest absolute Gasteiger partial charge is 0.338 e. The van der Waals surface area contributed by atoms with E-state index in [0.717, 1.165) is 5.56 Å². The molecule has 1 atom stereocenters. The van der Waals surface area contributed by atoms with E-state index in [1.807, 2.05) is 60.7 Å². The molecule has 6 heteroatoms. The van der Waals surface area contributed by atoms with Crippen LogP contribution in [0.2, 0.25) is 0 Å². The second-order valence-electron chi connectivity index (χ2n) is 6.87. The standard InChI is InChI=1S/C24H19N3O3/c1-16-9-8-14-20(21(16)24(29)30)25-15-19-22(17-10-4-2-5-11-17)26-27(23(19)28)18-12-6-3-7-13-18/h2-15,19H,1H3,(H,29,30). The van der Waals surface area contributed by atoms with Gasteiger partial charge in [-0.2, -0.15) is 10.1 Å². The second-order valence-corrected chi connectivity index (χ2v) is 6.87. The third kappa shape index (κ3) is 3.63. The molecule has 0 bridgehead atoms. The van der Waals surface area contributed by atoms with Crippen molar-refractivity contribution in [1.82, 2.24) is 0 Å². The number of nitrogens with zero attached hydrogens (tertiary/aromatic N) is 3. The Bertz CT molecular complexity index is 1150. The number of para-hydroxylation sites is 1. The Morgan fingerprint density at radius 1 is 1.00 bits per heavy atom. The molecule has 0 aromatic heterocycles. The average Bonchev–Trinajstić information content (AvgIpc) is 3.09. The number of anilines is 1. The fraction of sp³-hybridized carbons (Fsp3) is 0.0833. The first-order valence-electron chi connectivity index (χ1n) is 9.46. The number of hydrazone groups is 1. The van der Waals surface area contributed by atoms with Gasteiger partial charge in [-0.1, -0.05) is 60.7 Å². The molecule has 0 radical (unpaired) electrons. The number of carboxylic acids is 1. The second kappa shape index (κ2) is 8.13. The van der Waals surface area contributed by atoms with Crippen molar-refractivity contribution in [3.05, 3.63) is 95.6 Å². The fourth-order valence-electron chi connectivity index (χ4n) is 3.40. The average molecular weight is 397 g/mol. The van der Waals surface area contributed by atoms with E-state index in [-0.39, 0.29) is 11.5 Å². The fourth-order valence-corrected chi connectivity index (χ4v) is 3.40. The first kappa shape index (κ1) is 19.3. The van der Waals surface area contributed by atoms with Gasteiger partial charge >= 0.3 is 5.97 Å². The summed E-state index contributed by atoms with van der Waals surface area (Å²) in [6, 6.07) is 23.7. The topological polar surface area (TPSA) is 82.3 Å². The Labute approximate surface area is 173 Å². The van der Waals surface area contributed by atoms with Gasteiger partial charge in [-0.25, -0.2) is 4.79 Å². The molecule has 0 aliphatic carbocycles. The van der Waals surface area contributed by atoms with Crippen molar-refractivity contribution < 1.29 is 14.7 Å².